The van der Waals surface area contributed by atoms with Gasteiger partial charge in [-0.3, -0.25) is 4.79 Å². The van der Waals surface area contributed by atoms with Crippen LogP contribution < -0.4 is 0 Å². The van der Waals surface area contributed by atoms with Gasteiger partial charge in [0.2, 0.25) is 0 Å². The van der Waals surface area contributed by atoms with Crippen molar-refractivity contribution in [3.63, 3.8) is 0 Å². The molecule has 3 heteroatoms. The molecule has 0 fully saturated rings. The molecule has 2 N–H and O–H groups in total. The standard InChI is InChI=1S/C14H10O3/c15-11-6-5-9-7-8-3-1-2-4-10(8)13(16)12(9)14(11)17/h1-6,15,17H,7H2. The summed E-state index contributed by atoms with van der Waals surface area (Å²) in [5.74, 6) is -0.797. The summed E-state index contributed by atoms with van der Waals surface area (Å²) >= 11 is 0. The molecule has 3 rings (SSSR count). The molecule has 0 radical (unpaired) electrons. The highest BCUT2D eigenvalue weighted by molar-refractivity contribution is 6.14. The summed E-state index contributed by atoms with van der Waals surface area (Å²) in [5, 5.41) is 19.2. The van der Waals surface area contributed by atoms with Gasteiger partial charge in [-0.05, 0) is 23.6 Å². The van der Waals surface area contributed by atoms with Gasteiger partial charge in [-0.15, -0.1) is 0 Å². The number of fused-ring (bicyclic) bond motifs is 2. The smallest absolute Gasteiger partial charge is 0.197 e. The van der Waals surface area contributed by atoms with Crippen LogP contribution in [0.2, 0.25) is 0 Å². The first-order chi connectivity index (χ1) is 8.18. The van der Waals surface area contributed by atoms with Crippen molar-refractivity contribution in [1.29, 1.82) is 0 Å². The molecule has 17 heavy (non-hydrogen) atoms. The van der Waals surface area contributed by atoms with Crippen LogP contribution in [0.5, 0.6) is 11.5 Å². The molecule has 84 valence electrons. The Hall–Kier alpha value is -2.29. The minimum atomic E-state index is -0.318. The Kier molecular flexibility index (Phi) is 1.95. The van der Waals surface area contributed by atoms with Crippen molar-refractivity contribution >= 4 is 5.78 Å². The van der Waals surface area contributed by atoms with Crippen molar-refractivity contribution < 1.29 is 15.0 Å². The first-order valence-corrected chi connectivity index (χ1v) is 5.35. The van der Waals surface area contributed by atoms with Crippen LogP contribution in [0, 0.1) is 0 Å². The third kappa shape index (κ3) is 1.32. The lowest BCUT2D eigenvalue weighted by atomic mass is 9.84. The number of benzene rings is 2. The fraction of sp³-hybridized carbons (Fsp3) is 0.0714. The minimum Gasteiger partial charge on any atom is -0.504 e. The Morgan fingerprint density at radius 1 is 0.941 bits per heavy atom. The molecule has 0 saturated carbocycles. The maximum atomic E-state index is 12.2. The topological polar surface area (TPSA) is 57.5 Å². The van der Waals surface area contributed by atoms with Crippen molar-refractivity contribution in [3.8, 4) is 11.5 Å². The van der Waals surface area contributed by atoms with E-state index in [0.717, 1.165) is 11.1 Å². The van der Waals surface area contributed by atoms with E-state index in [2.05, 4.69) is 0 Å². The van der Waals surface area contributed by atoms with E-state index in [9.17, 15) is 15.0 Å². The van der Waals surface area contributed by atoms with Crippen molar-refractivity contribution in [3.05, 3.63) is 58.7 Å². The van der Waals surface area contributed by atoms with E-state index < -0.39 is 0 Å². The molecule has 0 atom stereocenters. The van der Waals surface area contributed by atoms with Gasteiger partial charge in [0.1, 0.15) is 0 Å². The molecule has 1 aliphatic carbocycles. The predicted molar refractivity (Wildman–Crippen MR) is 62.5 cm³/mol. The molecule has 0 saturated heterocycles. The zero-order valence-corrected chi connectivity index (χ0v) is 8.97. The van der Waals surface area contributed by atoms with Crippen molar-refractivity contribution in [2.45, 2.75) is 6.42 Å². The van der Waals surface area contributed by atoms with Crippen LogP contribution in [0.3, 0.4) is 0 Å². The van der Waals surface area contributed by atoms with E-state index >= 15 is 0 Å². The number of hydrogen-bond acceptors (Lipinski definition) is 3. The van der Waals surface area contributed by atoms with Gasteiger partial charge in [0, 0.05) is 5.56 Å². The van der Waals surface area contributed by atoms with Crippen LogP contribution in [0.15, 0.2) is 36.4 Å². The molecular weight excluding hydrogens is 216 g/mol. The first-order valence-electron chi connectivity index (χ1n) is 5.35. The molecule has 2 aromatic carbocycles. The second-order valence-electron chi connectivity index (χ2n) is 4.13. The quantitative estimate of drug-likeness (QED) is 0.578. The van der Waals surface area contributed by atoms with Crippen molar-refractivity contribution in [2.24, 2.45) is 0 Å². The summed E-state index contributed by atoms with van der Waals surface area (Å²) in [4.78, 5) is 12.2. The number of ketones is 1. The number of carbonyl (C=O) groups excluding carboxylic acids is 1. The third-order valence-electron chi connectivity index (χ3n) is 3.11. The molecule has 1 aliphatic rings. The molecule has 0 heterocycles. The van der Waals surface area contributed by atoms with Gasteiger partial charge in [-0.25, -0.2) is 0 Å². The molecule has 0 bridgehead atoms. The fourth-order valence-electron chi connectivity index (χ4n) is 2.26. The van der Waals surface area contributed by atoms with Gasteiger partial charge in [0.05, 0.1) is 5.56 Å². The highest BCUT2D eigenvalue weighted by Crippen LogP contribution is 2.37. The number of phenolic OH excluding ortho intramolecular Hbond substituents is 2. The average molecular weight is 226 g/mol. The summed E-state index contributed by atoms with van der Waals surface area (Å²) in [6.07, 6.45) is 0.602. The van der Waals surface area contributed by atoms with Crippen LogP contribution in [0.25, 0.3) is 0 Å². The molecular formula is C14H10O3. The number of phenols is 2. The summed E-state index contributed by atoms with van der Waals surface area (Å²) in [7, 11) is 0. The van der Waals surface area contributed by atoms with Crippen LogP contribution in [0.4, 0.5) is 0 Å². The molecule has 0 aromatic heterocycles. The van der Waals surface area contributed by atoms with Crippen LogP contribution in [-0.4, -0.2) is 16.0 Å². The summed E-state index contributed by atoms with van der Waals surface area (Å²) in [6, 6.07) is 10.4. The van der Waals surface area contributed by atoms with E-state index in [4.69, 9.17) is 0 Å². The van der Waals surface area contributed by atoms with Gasteiger partial charge in [-0.1, -0.05) is 30.3 Å². The maximum absolute atomic E-state index is 12.2. The maximum Gasteiger partial charge on any atom is 0.197 e. The zero-order valence-electron chi connectivity index (χ0n) is 8.97. The highest BCUT2D eigenvalue weighted by Gasteiger charge is 2.26. The molecule has 0 spiro atoms. The molecule has 0 unspecified atom stereocenters. The van der Waals surface area contributed by atoms with Gasteiger partial charge in [0.15, 0.2) is 17.3 Å². The monoisotopic (exact) mass is 226 g/mol. The van der Waals surface area contributed by atoms with E-state index in [-0.39, 0.29) is 22.8 Å². The molecule has 0 amide bonds. The Morgan fingerprint density at radius 2 is 1.71 bits per heavy atom. The molecule has 2 aromatic rings. The Balaban J connectivity index is 2.28. The van der Waals surface area contributed by atoms with Gasteiger partial charge in [-0.2, -0.15) is 0 Å². The Labute approximate surface area is 98.0 Å². The third-order valence-corrected chi connectivity index (χ3v) is 3.11. The lowest BCUT2D eigenvalue weighted by Crippen LogP contribution is -2.14. The normalized spacial score (nSPS) is 13.1. The highest BCUT2D eigenvalue weighted by atomic mass is 16.3. The van der Waals surface area contributed by atoms with Crippen LogP contribution in [-0.2, 0) is 6.42 Å². The molecule has 0 aliphatic heterocycles. The second-order valence-corrected chi connectivity index (χ2v) is 4.13. The van der Waals surface area contributed by atoms with E-state index in [1.165, 1.54) is 6.07 Å². The lowest BCUT2D eigenvalue weighted by Gasteiger charge is -2.19. The Bertz CT molecular complexity index is 629. The average Bonchev–Trinajstić information content (AvgIpc) is 2.34. The zero-order chi connectivity index (χ0) is 12.0. The largest absolute Gasteiger partial charge is 0.504 e. The van der Waals surface area contributed by atoms with Gasteiger partial charge < -0.3 is 10.2 Å². The number of aromatic hydroxyl groups is 2. The number of hydrogen-bond donors (Lipinski definition) is 2. The van der Waals surface area contributed by atoms with Gasteiger partial charge >= 0.3 is 0 Å². The summed E-state index contributed by atoms with van der Waals surface area (Å²) < 4.78 is 0. The number of carbonyl (C=O) groups is 1. The minimum absolute atomic E-state index is 0.226. The summed E-state index contributed by atoms with van der Waals surface area (Å²) in [5.41, 5.74) is 2.53. The predicted octanol–water partition coefficient (Wildman–Crippen LogP) is 2.23. The SMILES string of the molecule is O=C1c2ccccc2Cc2ccc(O)c(O)c21. The van der Waals surface area contributed by atoms with Crippen molar-refractivity contribution in [2.75, 3.05) is 0 Å². The second kappa shape index (κ2) is 3.35. The lowest BCUT2D eigenvalue weighted by molar-refractivity contribution is 0.103. The van der Waals surface area contributed by atoms with E-state index in [0.29, 0.717) is 12.0 Å². The molecule has 3 nitrogen and oxygen atoms in total. The number of rotatable bonds is 0. The van der Waals surface area contributed by atoms with Crippen LogP contribution in [0.1, 0.15) is 27.0 Å². The summed E-state index contributed by atoms with van der Waals surface area (Å²) in [6.45, 7) is 0. The Morgan fingerprint density at radius 3 is 2.53 bits per heavy atom. The first kappa shape index (κ1) is 9.90. The van der Waals surface area contributed by atoms with Gasteiger partial charge in [0.25, 0.3) is 0 Å². The van der Waals surface area contributed by atoms with E-state index in [1.54, 1.807) is 18.2 Å². The van der Waals surface area contributed by atoms with Crippen molar-refractivity contribution in [1.82, 2.24) is 0 Å². The fourth-order valence-corrected chi connectivity index (χ4v) is 2.26. The van der Waals surface area contributed by atoms with E-state index in [1.807, 2.05) is 12.1 Å². The van der Waals surface area contributed by atoms with Crippen LogP contribution >= 0.6 is 0 Å².